The number of ether oxygens (including phenoxy) is 1. The largest absolute Gasteiger partial charge is 0.377 e. The van der Waals surface area contributed by atoms with Gasteiger partial charge in [0.15, 0.2) is 11.5 Å². The summed E-state index contributed by atoms with van der Waals surface area (Å²) in [7, 11) is 1.54. The van der Waals surface area contributed by atoms with E-state index in [-0.39, 0.29) is 18.2 Å². The highest BCUT2D eigenvalue weighted by Gasteiger charge is 2.12. The fourth-order valence-corrected chi connectivity index (χ4v) is 1.55. The lowest BCUT2D eigenvalue weighted by Gasteiger charge is -2.03. The topological polar surface area (TPSA) is 90.4 Å². The van der Waals surface area contributed by atoms with Crippen molar-refractivity contribution in [3.63, 3.8) is 0 Å². The van der Waals surface area contributed by atoms with E-state index in [4.69, 9.17) is 15.0 Å². The molecule has 1 aromatic heterocycles. The number of rotatable bonds is 5. The van der Waals surface area contributed by atoms with Gasteiger partial charge in [-0.2, -0.15) is 0 Å². The second-order valence-corrected chi connectivity index (χ2v) is 3.97. The third-order valence-electron chi connectivity index (χ3n) is 2.53. The smallest absolute Gasteiger partial charge is 0.277 e. The number of hydrogen-bond acceptors (Lipinski definition) is 5. The molecule has 0 radical (unpaired) electrons. The monoisotopic (exact) mass is 261 g/mol. The van der Waals surface area contributed by atoms with Crippen LogP contribution in [0.5, 0.6) is 0 Å². The van der Waals surface area contributed by atoms with Crippen LogP contribution in [0.3, 0.4) is 0 Å². The Morgan fingerprint density at radius 3 is 2.79 bits per heavy atom. The molecule has 0 aliphatic rings. The summed E-state index contributed by atoms with van der Waals surface area (Å²) < 4.78 is 9.84. The Morgan fingerprint density at radius 1 is 1.42 bits per heavy atom. The van der Waals surface area contributed by atoms with Gasteiger partial charge in [-0.15, -0.1) is 0 Å². The van der Waals surface area contributed by atoms with Gasteiger partial charge in [0.25, 0.3) is 5.91 Å². The second kappa shape index (κ2) is 6.12. The van der Waals surface area contributed by atoms with Crippen molar-refractivity contribution in [2.45, 2.75) is 13.2 Å². The molecule has 100 valence electrons. The molecule has 0 atom stereocenters. The first kappa shape index (κ1) is 13.3. The first-order valence-electron chi connectivity index (χ1n) is 5.78. The summed E-state index contributed by atoms with van der Waals surface area (Å²) in [5.41, 5.74) is 7.40. The van der Waals surface area contributed by atoms with Crippen LogP contribution in [0.1, 0.15) is 21.8 Å². The number of anilines is 1. The predicted molar refractivity (Wildman–Crippen MR) is 69.5 cm³/mol. The Hall–Kier alpha value is -2.18. The van der Waals surface area contributed by atoms with Crippen molar-refractivity contribution in [1.82, 2.24) is 5.16 Å². The zero-order valence-corrected chi connectivity index (χ0v) is 10.6. The Kier molecular flexibility index (Phi) is 4.27. The number of methoxy groups -OCH3 is 1. The van der Waals surface area contributed by atoms with E-state index in [1.807, 2.05) is 12.1 Å². The molecule has 0 bridgehead atoms. The van der Waals surface area contributed by atoms with Gasteiger partial charge >= 0.3 is 0 Å². The average molecular weight is 261 g/mol. The van der Waals surface area contributed by atoms with Crippen molar-refractivity contribution in [1.29, 1.82) is 0 Å². The number of aromatic nitrogens is 1. The van der Waals surface area contributed by atoms with E-state index < -0.39 is 0 Å². The summed E-state index contributed by atoms with van der Waals surface area (Å²) >= 11 is 0. The van der Waals surface area contributed by atoms with E-state index in [0.29, 0.717) is 18.0 Å². The molecule has 6 heteroatoms. The molecule has 2 aromatic rings. The zero-order chi connectivity index (χ0) is 13.7. The van der Waals surface area contributed by atoms with Gasteiger partial charge in [0.2, 0.25) is 0 Å². The summed E-state index contributed by atoms with van der Waals surface area (Å²) in [6, 6.07) is 8.84. The second-order valence-electron chi connectivity index (χ2n) is 3.97. The van der Waals surface area contributed by atoms with E-state index in [0.717, 1.165) is 5.56 Å². The number of amides is 1. The molecule has 0 spiro atoms. The van der Waals surface area contributed by atoms with Crippen molar-refractivity contribution in [2.24, 2.45) is 5.73 Å². The van der Waals surface area contributed by atoms with Crippen LogP contribution in [0, 0.1) is 0 Å². The molecule has 1 aromatic carbocycles. The third kappa shape index (κ3) is 3.40. The third-order valence-corrected chi connectivity index (χ3v) is 2.53. The molecule has 0 aliphatic heterocycles. The number of hydrogen-bond donors (Lipinski definition) is 2. The molecule has 0 fully saturated rings. The molecule has 0 unspecified atom stereocenters. The first-order valence-corrected chi connectivity index (χ1v) is 5.78. The lowest BCUT2D eigenvalue weighted by Crippen LogP contribution is -2.12. The zero-order valence-electron chi connectivity index (χ0n) is 10.6. The molecule has 3 N–H and O–H groups in total. The van der Waals surface area contributed by atoms with Crippen LogP contribution in [0.4, 0.5) is 5.69 Å². The number of carbonyl (C=O) groups excluding carboxylic acids is 1. The Balaban J connectivity index is 2.02. The molecule has 6 nitrogen and oxygen atoms in total. The van der Waals surface area contributed by atoms with E-state index in [9.17, 15) is 4.79 Å². The van der Waals surface area contributed by atoms with Gasteiger partial charge in [-0.25, -0.2) is 0 Å². The minimum Gasteiger partial charge on any atom is -0.377 e. The van der Waals surface area contributed by atoms with Gasteiger partial charge in [0.05, 0.1) is 0 Å². The van der Waals surface area contributed by atoms with Crippen molar-refractivity contribution in [2.75, 3.05) is 12.4 Å². The number of benzene rings is 1. The molecular weight excluding hydrogens is 246 g/mol. The average Bonchev–Trinajstić information content (AvgIpc) is 2.89. The molecule has 1 heterocycles. The van der Waals surface area contributed by atoms with E-state index >= 15 is 0 Å². The van der Waals surface area contributed by atoms with Crippen LogP contribution in [-0.4, -0.2) is 18.2 Å². The standard InChI is InChI=1S/C13H15N3O3/c1-18-8-11-6-12(16-19-11)13(17)15-10-4-2-9(7-14)3-5-10/h2-6H,7-8,14H2,1H3,(H,15,17). The molecular formula is C13H15N3O3. The van der Waals surface area contributed by atoms with Crippen molar-refractivity contribution >= 4 is 11.6 Å². The predicted octanol–water partition coefficient (Wildman–Crippen LogP) is 1.53. The lowest BCUT2D eigenvalue weighted by atomic mass is 10.2. The number of carbonyl (C=O) groups is 1. The van der Waals surface area contributed by atoms with Crippen LogP contribution in [-0.2, 0) is 17.9 Å². The summed E-state index contributed by atoms with van der Waals surface area (Å²) in [4.78, 5) is 11.9. The summed E-state index contributed by atoms with van der Waals surface area (Å²) in [6.07, 6.45) is 0. The highest BCUT2D eigenvalue weighted by Crippen LogP contribution is 2.12. The number of nitrogens with one attached hydrogen (secondary N) is 1. The highest BCUT2D eigenvalue weighted by atomic mass is 16.5. The molecule has 0 saturated heterocycles. The minimum absolute atomic E-state index is 0.218. The van der Waals surface area contributed by atoms with Gasteiger partial charge in [0.1, 0.15) is 6.61 Å². The van der Waals surface area contributed by atoms with E-state index in [1.54, 1.807) is 25.3 Å². The van der Waals surface area contributed by atoms with Gasteiger partial charge in [-0.3, -0.25) is 4.79 Å². The number of nitrogens with two attached hydrogens (primary N) is 1. The molecule has 1 amide bonds. The lowest BCUT2D eigenvalue weighted by molar-refractivity contribution is 0.101. The molecule has 0 saturated carbocycles. The SMILES string of the molecule is COCc1cc(C(=O)Nc2ccc(CN)cc2)no1. The summed E-state index contributed by atoms with van der Waals surface area (Å²) in [6.45, 7) is 0.753. The Morgan fingerprint density at radius 2 is 2.16 bits per heavy atom. The fourth-order valence-electron chi connectivity index (χ4n) is 1.55. The molecule has 2 rings (SSSR count). The summed E-state index contributed by atoms with van der Waals surface area (Å²) in [5.74, 6) is 0.178. The fraction of sp³-hybridized carbons (Fsp3) is 0.231. The van der Waals surface area contributed by atoms with Crippen molar-refractivity contribution in [3.8, 4) is 0 Å². The van der Waals surface area contributed by atoms with Crippen LogP contribution < -0.4 is 11.1 Å². The minimum atomic E-state index is -0.327. The normalized spacial score (nSPS) is 10.4. The van der Waals surface area contributed by atoms with E-state index in [1.165, 1.54) is 0 Å². The molecule has 0 aliphatic carbocycles. The van der Waals surface area contributed by atoms with Gasteiger partial charge in [-0.05, 0) is 17.7 Å². The van der Waals surface area contributed by atoms with Crippen molar-refractivity contribution in [3.05, 3.63) is 47.3 Å². The Bertz CT molecular complexity index is 549. The quantitative estimate of drug-likeness (QED) is 0.851. The first-order chi connectivity index (χ1) is 9.22. The van der Waals surface area contributed by atoms with Crippen LogP contribution >= 0.6 is 0 Å². The Labute approximate surface area is 110 Å². The van der Waals surface area contributed by atoms with Gasteiger partial charge < -0.3 is 20.3 Å². The maximum Gasteiger partial charge on any atom is 0.277 e. The van der Waals surface area contributed by atoms with Crippen LogP contribution in [0.15, 0.2) is 34.9 Å². The maximum atomic E-state index is 11.9. The van der Waals surface area contributed by atoms with Gasteiger partial charge in [-0.1, -0.05) is 17.3 Å². The number of nitrogens with zero attached hydrogens (tertiary/aromatic N) is 1. The molecule has 19 heavy (non-hydrogen) atoms. The summed E-state index contributed by atoms with van der Waals surface area (Å²) in [5, 5.41) is 6.40. The maximum absolute atomic E-state index is 11.9. The van der Waals surface area contributed by atoms with Crippen LogP contribution in [0.25, 0.3) is 0 Å². The van der Waals surface area contributed by atoms with Crippen molar-refractivity contribution < 1.29 is 14.1 Å². The highest BCUT2D eigenvalue weighted by molar-refractivity contribution is 6.02. The van der Waals surface area contributed by atoms with Crippen LogP contribution in [0.2, 0.25) is 0 Å². The van der Waals surface area contributed by atoms with Gasteiger partial charge in [0, 0.05) is 25.4 Å². The van der Waals surface area contributed by atoms with E-state index in [2.05, 4.69) is 10.5 Å².